The average Bonchev–Trinajstić information content (AvgIpc) is 3.04. The molecule has 0 spiro atoms. The van der Waals surface area contributed by atoms with Gasteiger partial charge in [-0.05, 0) is 57.8 Å². The van der Waals surface area contributed by atoms with Gasteiger partial charge in [0.15, 0.2) is 5.82 Å². The zero-order valence-electron chi connectivity index (χ0n) is 19.1. The second kappa shape index (κ2) is 9.59. The van der Waals surface area contributed by atoms with Crippen LogP contribution in [-0.4, -0.2) is 34.3 Å². The summed E-state index contributed by atoms with van der Waals surface area (Å²) in [4.78, 5) is 27.7. The van der Waals surface area contributed by atoms with Gasteiger partial charge in [0, 0.05) is 24.4 Å². The Morgan fingerprint density at radius 2 is 1.90 bits per heavy atom. The molecule has 6 heteroatoms. The third-order valence-electron chi connectivity index (χ3n) is 5.28. The number of hydrogen-bond acceptors (Lipinski definition) is 4. The molecular weight excluding hydrogens is 366 g/mol. The van der Waals surface area contributed by atoms with E-state index in [1.54, 1.807) is 22.7 Å². The molecule has 1 aliphatic carbocycles. The van der Waals surface area contributed by atoms with Crippen LogP contribution < -0.4 is 4.90 Å². The van der Waals surface area contributed by atoms with Crippen LogP contribution in [0, 0.1) is 17.3 Å². The van der Waals surface area contributed by atoms with Crippen LogP contribution >= 0.6 is 0 Å². The van der Waals surface area contributed by atoms with Gasteiger partial charge in [-0.25, -0.2) is 9.48 Å². The van der Waals surface area contributed by atoms with E-state index < -0.39 is 5.97 Å². The summed E-state index contributed by atoms with van der Waals surface area (Å²) in [6.45, 7) is 14.5. The van der Waals surface area contributed by atoms with E-state index in [1.165, 1.54) is 0 Å². The predicted octanol–water partition coefficient (Wildman–Crippen LogP) is 5.14. The highest BCUT2D eigenvalue weighted by Crippen LogP contribution is 2.32. The number of amides is 1. The van der Waals surface area contributed by atoms with Gasteiger partial charge in [0.25, 0.3) is 0 Å². The Morgan fingerprint density at radius 3 is 2.41 bits per heavy atom. The molecule has 162 valence electrons. The first-order valence-electron chi connectivity index (χ1n) is 10.8. The molecule has 0 radical (unpaired) electrons. The first-order valence-corrected chi connectivity index (χ1v) is 10.8. The molecule has 2 rings (SSSR count). The first-order chi connectivity index (χ1) is 13.5. The van der Waals surface area contributed by atoms with Crippen LogP contribution in [-0.2, 0) is 9.53 Å². The van der Waals surface area contributed by atoms with Gasteiger partial charge in [0.1, 0.15) is 5.56 Å². The minimum atomic E-state index is -0.450. The number of esters is 1. The van der Waals surface area contributed by atoms with Gasteiger partial charge in [-0.3, -0.25) is 9.69 Å². The average molecular weight is 404 g/mol. The summed E-state index contributed by atoms with van der Waals surface area (Å²) in [7, 11) is 0. The SMILES string of the molecule is CCOC(=O)c1cn(/C=C/C(C)(C)C)nc1N(C(=O)C1CCC(C)CC1)C(C)C. The zero-order valence-corrected chi connectivity index (χ0v) is 19.1. The monoisotopic (exact) mass is 403 g/mol. The molecule has 0 bridgehead atoms. The molecule has 0 atom stereocenters. The fourth-order valence-electron chi connectivity index (χ4n) is 3.60. The lowest BCUT2D eigenvalue weighted by atomic mass is 9.82. The number of ether oxygens (including phenoxy) is 1. The normalized spacial score (nSPS) is 20.3. The lowest BCUT2D eigenvalue weighted by Gasteiger charge is -2.32. The van der Waals surface area contributed by atoms with E-state index in [4.69, 9.17) is 4.74 Å². The Bertz CT molecular complexity index is 735. The van der Waals surface area contributed by atoms with Gasteiger partial charge < -0.3 is 4.74 Å². The summed E-state index contributed by atoms with van der Waals surface area (Å²) >= 11 is 0. The number of carbonyl (C=O) groups excluding carboxylic acids is 2. The highest BCUT2D eigenvalue weighted by atomic mass is 16.5. The zero-order chi connectivity index (χ0) is 21.8. The van der Waals surface area contributed by atoms with Crippen molar-refractivity contribution in [2.75, 3.05) is 11.5 Å². The summed E-state index contributed by atoms with van der Waals surface area (Å²) in [5, 5.41) is 4.60. The molecule has 1 amide bonds. The highest BCUT2D eigenvalue weighted by Gasteiger charge is 2.34. The molecule has 1 aromatic heterocycles. The standard InChI is InChI=1S/C23H37N3O3/c1-8-29-22(28)19-15-25(14-13-23(5,6)7)24-20(19)26(16(2)3)21(27)18-11-9-17(4)10-12-18/h13-18H,8-12H2,1-7H3/b14-13+. The van der Waals surface area contributed by atoms with Gasteiger partial charge in [-0.15, -0.1) is 5.10 Å². The van der Waals surface area contributed by atoms with Crippen LogP contribution in [0.1, 0.15) is 84.5 Å². The van der Waals surface area contributed by atoms with Crippen LogP contribution in [0.5, 0.6) is 0 Å². The molecule has 0 saturated heterocycles. The molecule has 0 N–H and O–H groups in total. The molecule has 1 aromatic rings. The first kappa shape index (κ1) is 23.2. The van der Waals surface area contributed by atoms with Crippen molar-refractivity contribution in [3.63, 3.8) is 0 Å². The third-order valence-corrected chi connectivity index (χ3v) is 5.28. The Balaban J connectivity index is 2.42. The van der Waals surface area contributed by atoms with E-state index >= 15 is 0 Å². The van der Waals surface area contributed by atoms with Crippen LogP contribution in [0.4, 0.5) is 5.82 Å². The highest BCUT2D eigenvalue weighted by molar-refractivity contribution is 6.02. The third kappa shape index (κ3) is 6.18. The molecule has 1 aliphatic rings. The largest absolute Gasteiger partial charge is 0.462 e. The molecule has 1 saturated carbocycles. The minimum Gasteiger partial charge on any atom is -0.462 e. The fraction of sp³-hybridized carbons (Fsp3) is 0.696. The summed E-state index contributed by atoms with van der Waals surface area (Å²) in [5.41, 5.74) is 0.305. The Hall–Kier alpha value is -2.11. The second-order valence-corrected chi connectivity index (χ2v) is 9.51. The quantitative estimate of drug-likeness (QED) is 0.617. The number of rotatable bonds is 6. The van der Waals surface area contributed by atoms with Gasteiger partial charge in [-0.1, -0.05) is 33.8 Å². The lowest BCUT2D eigenvalue weighted by molar-refractivity contribution is -0.123. The molecular formula is C23H37N3O3. The fourth-order valence-corrected chi connectivity index (χ4v) is 3.60. The maximum atomic E-state index is 13.4. The van der Waals surface area contributed by atoms with Crippen molar-refractivity contribution in [2.45, 2.75) is 80.2 Å². The molecule has 0 aliphatic heterocycles. The molecule has 29 heavy (non-hydrogen) atoms. The summed E-state index contributed by atoms with van der Waals surface area (Å²) in [6.07, 6.45) is 9.41. The van der Waals surface area contributed by atoms with Crippen LogP contribution in [0.25, 0.3) is 6.20 Å². The number of allylic oxidation sites excluding steroid dienone is 1. The van der Waals surface area contributed by atoms with Crippen LogP contribution in [0.2, 0.25) is 0 Å². The molecule has 0 unspecified atom stereocenters. The van der Waals surface area contributed by atoms with Crippen molar-refractivity contribution in [3.05, 3.63) is 17.8 Å². The molecule has 1 fully saturated rings. The van der Waals surface area contributed by atoms with Crippen LogP contribution in [0.3, 0.4) is 0 Å². The van der Waals surface area contributed by atoms with Crippen molar-refractivity contribution in [1.82, 2.24) is 9.78 Å². The van der Waals surface area contributed by atoms with Crippen molar-refractivity contribution < 1.29 is 14.3 Å². The smallest absolute Gasteiger partial charge is 0.343 e. The van der Waals surface area contributed by atoms with E-state index in [1.807, 2.05) is 26.1 Å². The number of nitrogens with zero attached hydrogens (tertiary/aromatic N) is 3. The lowest BCUT2D eigenvalue weighted by Crippen LogP contribution is -2.43. The summed E-state index contributed by atoms with van der Waals surface area (Å²) < 4.78 is 6.85. The molecule has 0 aromatic carbocycles. The van der Waals surface area contributed by atoms with E-state index in [0.29, 0.717) is 17.3 Å². The van der Waals surface area contributed by atoms with Crippen molar-refractivity contribution >= 4 is 23.9 Å². The predicted molar refractivity (Wildman–Crippen MR) is 117 cm³/mol. The van der Waals surface area contributed by atoms with Gasteiger partial charge >= 0.3 is 5.97 Å². The van der Waals surface area contributed by atoms with E-state index in [-0.39, 0.29) is 29.9 Å². The van der Waals surface area contributed by atoms with Gasteiger partial charge in [0.05, 0.1) is 6.61 Å². The number of aromatic nitrogens is 2. The van der Waals surface area contributed by atoms with Crippen molar-refractivity contribution in [3.8, 4) is 0 Å². The summed E-state index contributed by atoms with van der Waals surface area (Å²) in [5.74, 6) is 0.652. The number of carbonyl (C=O) groups is 2. The number of anilines is 1. The van der Waals surface area contributed by atoms with Crippen molar-refractivity contribution in [1.29, 1.82) is 0 Å². The number of hydrogen-bond donors (Lipinski definition) is 0. The van der Waals surface area contributed by atoms with Gasteiger partial charge in [-0.2, -0.15) is 0 Å². The van der Waals surface area contributed by atoms with Crippen LogP contribution in [0.15, 0.2) is 12.3 Å². The molecule has 1 heterocycles. The Kier molecular flexibility index (Phi) is 7.66. The maximum Gasteiger partial charge on any atom is 0.343 e. The topological polar surface area (TPSA) is 64.4 Å². The van der Waals surface area contributed by atoms with E-state index in [2.05, 4.69) is 32.8 Å². The Labute approximate surface area is 175 Å². The Morgan fingerprint density at radius 1 is 1.28 bits per heavy atom. The second-order valence-electron chi connectivity index (χ2n) is 9.51. The van der Waals surface area contributed by atoms with E-state index in [0.717, 1.165) is 25.7 Å². The van der Waals surface area contributed by atoms with Gasteiger partial charge in [0.2, 0.25) is 5.91 Å². The summed E-state index contributed by atoms with van der Waals surface area (Å²) in [6, 6.07) is -0.107. The minimum absolute atomic E-state index is 0.0149. The maximum absolute atomic E-state index is 13.4. The van der Waals surface area contributed by atoms with E-state index in [9.17, 15) is 9.59 Å². The van der Waals surface area contributed by atoms with Crippen molar-refractivity contribution in [2.24, 2.45) is 17.3 Å². The molecule has 6 nitrogen and oxygen atoms in total.